The van der Waals surface area contributed by atoms with Gasteiger partial charge in [-0.1, -0.05) is 0 Å². The molecule has 1 fully saturated rings. The fraction of sp³-hybridized carbons (Fsp3) is 0.267. The van der Waals surface area contributed by atoms with Gasteiger partial charge in [0.05, 0.1) is 4.47 Å². The Hall–Kier alpha value is -1.62. The van der Waals surface area contributed by atoms with Crippen LogP contribution in [0.4, 0.5) is 10.1 Å². The maximum atomic E-state index is 13.4. The Morgan fingerprint density at radius 1 is 1.35 bits per heavy atom. The molecule has 1 amide bonds. The van der Waals surface area contributed by atoms with Gasteiger partial charge < -0.3 is 9.88 Å². The Bertz CT molecular complexity index is 649. The summed E-state index contributed by atoms with van der Waals surface area (Å²) in [6.45, 7) is 0. The number of aromatic nitrogens is 1. The summed E-state index contributed by atoms with van der Waals surface area (Å²) < 4.78 is 15.8. The molecule has 104 valence electrons. The molecule has 0 saturated heterocycles. The maximum absolute atomic E-state index is 13.4. The van der Waals surface area contributed by atoms with E-state index in [4.69, 9.17) is 0 Å². The van der Waals surface area contributed by atoms with Gasteiger partial charge in [-0.2, -0.15) is 0 Å². The first-order valence-electron chi connectivity index (χ1n) is 6.58. The lowest BCUT2D eigenvalue weighted by atomic mass is 9.93. The van der Waals surface area contributed by atoms with Crippen molar-refractivity contribution in [3.8, 4) is 0 Å². The van der Waals surface area contributed by atoms with E-state index in [1.807, 2.05) is 16.8 Å². The van der Waals surface area contributed by atoms with Crippen molar-refractivity contribution in [2.75, 3.05) is 5.32 Å². The van der Waals surface area contributed by atoms with E-state index >= 15 is 0 Å². The fourth-order valence-electron chi connectivity index (χ4n) is 2.34. The topological polar surface area (TPSA) is 34.0 Å². The molecule has 20 heavy (non-hydrogen) atoms. The van der Waals surface area contributed by atoms with E-state index in [0.29, 0.717) is 21.9 Å². The molecule has 3 rings (SSSR count). The number of benzene rings is 1. The molecular weight excluding hydrogens is 323 g/mol. The van der Waals surface area contributed by atoms with E-state index in [-0.39, 0.29) is 5.91 Å². The zero-order valence-corrected chi connectivity index (χ0v) is 12.4. The first-order chi connectivity index (χ1) is 9.65. The van der Waals surface area contributed by atoms with Crippen molar-refractivity contribution in [2.24, 2.45) is 0 Å². The molecular formula is C15H14BrFN2O. The average molecular weight is 337 g/mol. The quantitative estimate of drug-likeness (QED) is 0.887. The molecule has 0 unspecified atom stereocenters. The average Bonchev–Trinajstić information content (AvgIpc) is 2.81. The Labute approximate surface area is 124 Å². The monoisotopic (exact) mass is 336 g/mol. The molecule has 0 radical (unpaired) electrons. The number of carbonyl (C=O) groups excluding carboxylic acids is 1. The number of amides is 1. The van der Waals surface area contributed by atoms with Crippen LogP contribution in [0.5, 0.6) is 0 Å². The van der Waals surface area contributed by atoms with Crippen LogP contribution >= 0.6 is 15.9 Å². The summed E-state index contributed by atoms with van der Waals surface area (Å²) in [5.74, 6) is -0.596. The highest BCUT2D eigenvalue weighted by Gasteiger charge is 2.23. The zero-order valence-electron chi connectivity index (χ0n) is 10.8. The molecule has 1 aliphatic carbocycles. The van der Waals surface area contributed by atoms with E-state index in [2.05, 4.69) is 21.2 Å². The van der Waals surface area contributed by atoms with Crippen LogP contribution in [0.1, 0.15) is 35.8 Å². The number of rotatable bonds is 3. The Kier molecular flexibility index (Phi) is 3.61. The first-order valence-corrected chi connectivity index (χ1v) is 7.37. The number of nitrogens with zero attached hydrogens (tertiary/aromatic N) is 1. The lowest BCUT2D eigenvalue weighted by Gasteiger charge is -2.28. The lowest BCUT2D eigenvalue weighted by Crippen LogP contribution is -2.23. The highest BCUT2D eigenvalue weighted by molar-refractivity contribution is 9.10. The lowest BCUT2D eigenvalue weighted by molar-refractivity contribution is 0.101. The minimum Gasteiger partial charge on any atom is -0.340 e. The Morgan fingerprint density at radius 2 is 2.15 bits per heavy atom. The van der Waals surface area contributed by atoms with Gasteiger partial charge in [-0.05, 0) is 65.5 Å². The van der Waals surface area contributed by atoms with Crippen LogP contribution in [0.2, 0.25) is 0 Å². The van der Waals surface area contributed by atoms with Crippen molar-refractivity contribution < 1.29 is 9.18 Å². The van der Waals surface area contributed by atoms with Crippen molar-refractivity contribution in [2.45, 2.75) is 25.3 Å². The van der Waals surface area contributed by atoms with Crippen LogP contribution in [0, 0.1) is 5.82 Å². The van der Waals surface area contributed by atoms with E-state index in [0.717, 1.165) is 12.8 Å². The predicted molar refractivity (Wildman–Crippen MR) is 79.4 cm³/mol. The van der Waals surface area contributed by atoms with Gasteiger partial charge in [0.25, 0.3) is 5.91 Å². The van der Waals surface area contributed by atoms with Crippen molar-refractivity contribution in [1.82, 2.24) is 4.57 Å². The standard InChI is InChI=1S/C15H14BrFN2O/c16-12-7-6-10(9-13(12)17)18-15(20)14-5-2-8-19(14)11-3-1-4-11/h2,5-9,11H,1,3-4H2,(H,18,20). The maximum Gasteiger partial charge on any atom is 0.272 e. The van der Waals surface area contributed by atoms with Crippen LogP contribution in [0.25, 0.3) is 0 Å². The highest BCUT2D eigenvalue weighted by Crippen LogP contribution is 2.32. The number of hydrogen-bond acceptors (Lipinski definition) is 1. The third-order valence-corrected chi connectivity index (χ3v) is 4.30. The largest absolute Gasteiger partial charge is 0.340 e. The molecule has 3 nitrogen and oxygen atoms in total. The second-order valence-corrected chi connectivity index (χ2v) is 5.82. The molecule has 1 aromatic carbocycles. The van der Waals surface area contributed by atoms with Gasteiger partial charge in [-0.25, -0.2) is 4.39 Å². The van der Waals surface area contributed by atoms with Crippen LogP contribution in [-0.2, 0) is 0 Å². The molecule has 1 N–H and O–H groups in total. The third-order valence-electron chi connectivity index (χ3n) is 3.66. The highest BCUT2D eigenvalue weighted by atomic mass is 79.9. The molecule has 1 saturated carbocycles. The third kappa shape index (κ3) is 2.50. The number of nitrogens with one attached hydrogen (secondary N) is 1. The van der Waals surface area contributed by atoms with Crippen LogP contribution in [-0.4, -0.2) is 10.5 Å². The summed E-state index contributed by atoms with van der Waals surface area (Å²) >= 11 is 3.09. The summed E-state index contributed by atoms with van der Waals surface area (Å²) in [6, 6.07) is 8.64. The molecule has 0 aliphatic heterocycles. The predicted octanol–water partition coefficient (Wildman–Crippen LogP) is 4.37. The number of carbonyl (C=O) groups is 1. The summed E-state index contributed by atoms with van der Waals surface area (Å²) in [7, 11) is 0. The normalized spacial score (nSPS) is 14.9. The van der Waals surface area contributed by atoms with E-state index in [9.17, 15) is 9.18 Å². The van der Waals surface area contributed by atoms with Gasteiger partial charge >= 0.3 is 0 Å². The minimum absolute atomic E-state index is 0.205. The molecule has 1 heterocycles. The minimum atomic E-state index is -0.392. The van der Waals surface area contributed by atoms with Crippen LogP contribution in [0.15, 0.2) is 41.0 Å². The van der Waals surface area contributed by atoms with Crippen molar-refractivity contribution >= 4 is 27.5 Å². The van der Waals surface area contributed by atoms with Gasteiger partial charge in [0.2, 0.25) is 0 Å². The Balaban J connectivity index is 1.79. The van der Waals surface area contributed by atoms with Gasteiger partial charge in [0.15, 0.2) is 0 Å². The van der Waals surface area contributed by atoms with E-state index < -0.39 is 5.82 Å². The molecule has 5 heteroatoms. The second kappa shape index (κ2) is 5.40. The molecule has 1 aliphatic rings. The summed E-state index contributed by atoms with van der Waals surface area (Å²) in [6.07, 6.45) is 5.37. The molecule has 0 bridgehead atoms. The fourth-order valence-corrected chi connectivity index (χ4v) is 2.59. The van der Waals surface area contributed by atoms with Gasteiger partial charge in [0, 0.05) is 17.9 Å². The Morgan fingerprint density at radius 3 is 2.80 bits per heavy atom. The van der Waals surface area contributed by atoms with Crippen molar-refractivity contribution in [3.05, 3.63) is 52.5 Å². The van der Waals surface area contributed by atoms with Crippen LogP contribution < -0.4 is 5.32 Å². The van der Waals surface area contributed by atoms with E-state index in [1.165, 1.54) is 12.5 Å². The first kappa shape index (κ1) is 13.4. The summed E-state index contributed by atoms with van der Waals surface area (Å²) in [5, 5.41) is 2.74. The number of anilines is 1. The SMILES string of the molecule is O=C(Nc1ccc(Br)c(F)c1)c1cccn1C1CCC1. The summed E-state index contributed by atoms with van der Waals surface area (Å²) in [4.78, 5) is 12.3. The smallest absolute Gasteiger partial charge is 0.272 e. The molecule has 0 atom stereocenters. The van der Waals surface area contributed by atoms with Gasteiger partial charge in [-0.15, -0.1) is 0 Å². The van der Waals surface area contributed by atoms with Gasteiger partial charge in [-0.3, -0.25) is 4.79 Å². The van der Waals surface area contributed by atoms with E-state index in [1.54, 1.807) is 18.2 Å². The number of hydrogen-bond donors (Lipinski definition) is 1. The zero-order chi connectivity index (χ0) is 14.1. The van der Waals surface area contributed by atoms with Gasteiger partial charge in [0.1, 0.15) is 11.5 Å². The number of halogens is 2. The van der Waals surface area contributed by atoms with Crippen molar-refractivity contribution in [3.63, 3.8) is 0 Å². The molecule has 0 spiro atoms. The molecule has 1 aromatic heterocycles. The van der Waals surface area contributed by atoms with Crippen molar-refractivity contribution in [1.29, 1.82) is 0 Å². The summed E-state index contributed by atoms with van der Waals surface area (Å²) in [5.41, 5.74) is 1.08. The second-order valence-electron chi connectivity index (χ2n) is 4.97. The van der Waals surface area contributed by atoms with Crippen LogP contribution in [0.3, 0.4) is 0 Å². The molecule has 2 aromatic rings.